The third-order valence-electron chi connectivity index (χ3n) is 5.38. The fourth-order valence-corrected chi connectivity index (χ4v) is 3.79. The molecule has 4 rings (SSSR count). The molecule has 0 saturated heterocycles. The number of fused-ring (bicyclic) bond motifs is 1. The van der Waals surface area contributed by atoms with Gasteiger partial charge in [-0.1, -0.05) is 50.8 Å². The number of nitrogens with one attached hydrogen (secondary N) is 3. The number of aromatic nitrogens is 1. The van der Waals surface area contributed by atoms with Gasteiger partial charge in [-0.2, -0.15) is 0 Å². The van der Waals surface area contributed by atoms with E-state index in [-0.39, 0.29) is 11.5 Å². The molecule has 0 amide bonds. The number of hydrogen-bond acceptors (Lipinski definition) is 6. The van der Waals surface area contributed by atoms with Crippen LogP contribution in [0.15, 0.2) is 73.4 Å². The van der Waals surface area contributed by atoms with Crippen LogP contribution in [0.3, 0.4) is 0 Å². The Labute approximate surface area is 201 Å². The largest absolute Gasteiger partial charge is 0.506 e. The summed E-state index contributed by atoms with van der Waals surface area (Å²) in [5.74, 6) is 0.367. The minimum Gasteiger partial charge on any atom is -0.506 e. The molecule has 6 heteroatoms. The van der Waals surface area contributed by atoms with Crippen LogP contribution in [0.25, 0.3) is 17.0 Å². The van der Waals surface area contributed by atoms with Crippen molar-refractivity contribution in [3.8, 4) is 11.5 Å². The Bertz CT molecular complexity index is 1270. The van der Waals surface area contributed by atoms with Crippen LogP contribution in [0.4, 0.5) is 17.1 Å². The Kier molecular flexibility index (Phi) is 8.35. The Morgan fingerprint density at radius 3 is 2.18 bits per heavy atom. The van der Waals surface area contributed by atoms with Gasteiger partial charge in [0.05, 0.1) is 5.69 Å². The molecule has 0 fully saturated rings. The van der Waals surface area contributed by atoms with Gasteiger partial charge < -0.3 is 26.2 Å². The maximum atomic E-state index is 10.0. The highest BCUT2D eigenvalue weighted by molar-refractivity contribution is 5.94. The van der Waals surface area contributed by atoms with E-state index in [9.17, 15) is 10.2 Å². The van der Waals surface area contributed by atoms with Gasteiger partial charge in [0.2, 0.25) is 0 Å². The molecule has 0 aliphatic heterocycles. The lowest BCUT2D eigenvalue weighted by Gasteiger charge is -2.15. The maximum Gasteiger partial charge on any atom is 0.141 e. The third-order valence-corrected chi connectivity index (χ3v) is 5.38. The summed E-state index contributed by atoms with van der Waals surface area (Å²) < 4.78 is 0. The first kappa shape index (κ1) is 24.5. The third kappa shape index (κ3) is 5.41. The molecule has 0 saturated carbocycles. The Morgan fingerprint density at radius 1 is 0.853 bits per heavy atom. The van der Waals surface area contributed by atoms with Crippen molar-refractivity contribution in [1.29, 1.82) is 0 Å². The molecule has 1 aromatic heterocycles. The molecule has 0 aliphatic carbocycles. The average molecular weight is 457 g/mol. The van der Waals surface area contributed by atoms with Crippen LogP contribution < -0.4 is 16.0 Å². The normalized spacial score (nSPS) is 10.2. The lowest BCUT2D eigenvalue weighted by atomic mass is 10.1. The molecular weight excluding hydrogens is 424 g/mol. The van der Waals surface area contributed by atoms with E-state index in [1.54, 1.807) is 31.5 Å². The first-order chi connectivity index (χ1) is 16.6. The van der Waals surface area contributed by atoms with Crippen LogP contribution >= 0.6 is 0 Å². The van der Waals surface area contributed by atoms with Gasteiger partial charge in [-0.05, 0) is 47.5 Å². The smallest absolute Gasteiger partial charge is 0.141 e. The Hall–Kier alpha value is -4.19. The van der Waals surface area contributed by atoms with E-state index in [0.717, 1.165) is 33.5 Å². The standard InChI is InChI=1S/C26H26N4O2.C2H6/c1-3-19-21(9-11-23(31)25(19)27-2)29-15-17-6-4-7-18(14-17)16-30-22-10-12-24(32)26-20(22)8-5-13-28-26;1-2/h3-14,27,29-32H,1,15-16H2,2H3;1-2H3. The van der Waals surface area contributed by atoms with Gasteiger partial charge in [0.1, 0.15) is 17.0 Å². The molecule has 34 heavy (non-hydrogen) atoms. The number of phenols is 2. The van der Waals surface area contributed by atoms with E-state index >= 15 is 0 Å². The molecule has 0 radical (unpaired) electrons. The second-order valence-corrected chi connectivity index (χ2v) is 7.43. The first-order valence-corrected chi connectivity index (χ1v) is 11.4. The van der Waals surface area contributed by atoms with Gasteiger partial charge in [0.15, 0.2) is 0 Å². The van der Waals surface area contributed by atoms with Crippen molar-refractivity contribution in [2.24, 2.45) is 0 Å². The lowest BCUT2D eigenvalue weighted by Crippen LogP contribution is -2.05. The van der Waals surface area contributed by atoms with Gasteiger partial charge in [-0.15, -0.1) is 0 Å². The van der Waals surface area contributed by atoms with Crippen LogP contribution in [-0.2, 0) is 13.1 Å². The topological polar surface area (TPSA) is 89.4 Å². The minimum atomic E-state index is 0.175. The second-order valence-electron chi connectivity index (χ2n) is 7.43. The van der Waals surface area contributed by atoms with E-state index in [4.69, 9.17) is 0 Å². The quantitative estimate of drug-likeness (QED) is 0.152. The molecule has 4 aromatic rings. The van der Waals surface area contributed by atoms with E-state index in [0.29, 0.717) is 24.3 Å². The number of anilines is 3. The summed E-state index contributed by atoms with van der Waals surface area (Å²) in [6, 6.07) is 19.2. The first-order valence-electron chi connectivity index (χ1n) is 11.4. The van der Waals surface area contributed by atoms with Crippen LogP contribution in [0.5, 0.6) is 11.5 Å². The number of benzene rings is 3. The molecule has 0 atom stereocenters. The molecule has 5 N–H and O–H groups in total. The van der Waals surface area contributed by atoms with Crippen molar-refractivity contribution in [3.63, 3.8) is 0 Å². The number of nitrogens with zero attached hydrogens (tertiary/aromatic N) is 1. The van der Waals surface area contributed by atoms with E-state index < -0.39 is 0 Å². The van der Waals surface area contributed by atoms with Crippen molar-refractivity contribution in [1.82, 2.24) is 4.98 Å². The summed E-state index contributed by atoms with van der Waals surface area (Å²) >= 11 is 0. The molecule has 0 bridgehead atoms. The monoisotopic (exact) mass is 456 g/mol. The van der Waals surface area contributed by atoms with Crippen molar-refractivity contribution in [3.05, 3.63) is 90.1 Å². The zero-order chi connectivity index (χ0) is 24.5. The fraction of sp³-hybridized carbons (Fsp3) is 0.179. The number of phenolic OH excluding ortho intramolecular Hbond substituents is 2. The molecule has 0 spiro atoms. The maximum absolute atomic E-state index is 10.0. The van der Waals surface area contributed by atoms with E-state index in [2.05, 4.69) is 45.7 Å². The van der Waals surface area contributed by atoms with Crippen LogP contribution in [0.1, 0.15) is 30.5 Å². The fourth-order valence-electron chi connectivity index (χ4n) is 3.79. The molecule has 0 aliphatic rings. The summed E-state index contributed by atoms with van der Waals surface area (Å²) in [4.78, 5) is 4.27. The van der Waals surface area contributed by atoms with Gasteiger partial charge in [0.25, 0.3) is 0 Å². The van der Waals surface area contributed by atoms with Gasteiger partial charge in [-0.25, -0.2) is 0 Å². The SMILES string of the molecule is C=Cc1c(NCc2cccc(CNc3ccc(O)c4ncccc34)c2)ccc(O)c1NC.CC. The Balaban J connectivity index is 0.00000158. The van der Waals surface area contributed by atoms with E-state index in [1.165, 1.54) is 0 Å². The van der Waals surface area contributed by atoms with Gasteiger partial charge in [-0.3, -0.25) is 4.98 Å². The highest BCUT2D eigenvalue weighted by atomic mass is 16.3. The highest BCUT2D eigenvalue weighted by Gasteiger charge is 2.10. The second kappa shape index (κ2) is 11.6. The summed E-state index contributed by atoms with van der Waals surface area (Å²) in [7, 11) is 1.77. The molecule has 0 unspecified atom stereocenters. The molecule has 1 heterocycles. The Morgan fingerprint density at radius 2 is 1.50 bits per heavy atom. The zero-order valence-electron chi connectivity index (χ0n) is 19.9. The van der Waals surface area contributed by atoms with Crippen LogP contribution in [-0.4, -0.2) is 22.2 Å². The highest BCUT2D eigenvalue weighted by Crippen LogP contribution is 2.34. The molecule has 3 aromatic carbocycles. The van der Waals surface area contributed by atoms with Crippen molar-refractivity contribution in [2.75, 3.05) is 23.0 Å². The molecule has 176 valence electrons. The average Bonchev–Trinajstić information content (AvgIpc) is 2.89. The zero-order valence-corrected chi connectivity index (χ0v) is 19.9. The summed E-state index contributed by atoms with van der Waals surface area (Å²) in [5.41, 5.74) is 6.16. The molecule has 6 nitrogen and oxygen atoms in total. The van der Waals surface area contributed by atoms with Gasteiger partial charge in [0, 0.05) is 48.7 Å². The number of pyridine rings is 1. The van der Waals surface area contributed by atoms with Gasteiger partial charge >= 0.3 is 0 Å². The predicted molar refractivity (Wildman–Crippen MR) is 144 cm³/mol. The number of hydrogen-bond donors (Lipinski definition) is 5. The minimum absolute atomic E-state index is 0.175. The van der Waals surface area contributed by atoms with Crippen LogP contribution in [0.2, 0.25) is 0 Å². The number of aromatic hydroxyl groups is 2. The van der Waals surface area contributed by atoms with Crippen molar-refractivity contribution >= 4 is 34.0 Å². The van der Waals surface area contributed by atoms with Crippen molar-refractivity contribution in [2.45, 2.75) is 26.9 Å². The molecular formula is C28H32N4O2. The predicted octanol–water partition coefficient (Wildman–Crippen LogP) is 6.58. The van der Waals surface area contributed by atoms with Crippen LogP contribution in [0, 0.1) is 0 Å². The summed E-state index contributed by atoms with van der Waals surface area (Å²) in [5, 5.41) is 30.9. The summed E-state index contributed by atoms with van der Waals surface area (Å²) in [6.07, 6.45) is 3.40. The van der Waals surface area contributed by atoms with Crippen molar-refractivity contribution < 1.29 is 10.2 Å². The van der Waals surface area contributed by atoms with E-state index in [1.807, 2.05) is 44.2 Å². The lowest BCUT2D eigenvalue weighted by molar-refractivity contribution is 0.477. The summed E-state index contributed by atoms with van der Waals surface area (Å²) in [6.45, 7) is 9.15. The number of rotatable bonds is 8.